The van der Waals surface area contributed by atoms with Crippen LogP contribution in [-0.2, 0) is 13.0 Å². The molecule has 4 rings (SSSR count). The zero-order valence-corrected chi connectivity index (χ0v) is 14.8. The summed E-state index contributed by atoms with van der Waals surface area (Å²) in [6.45, 7) is 5.80. The number of nitrogens with zero attached hydrogens (tertiary/aromatic N) is 2. The SMILES string of the molecule is Cc1ccc2c(c1)CCN(C(=O)Nc1cccc(N3CCCC3)c1)C2. The van der Waals surface area contributed by atoms with Crippen LogP contribution in [0.2, 0.25) is 0 Å². The van der Waals surface area contributed by atoms with E-state index in [-0.39, 0.29) is 6.03 Å². The molecule has 2 aliphatic heterocycles. The molecule has 2 aliphatic rings. The van der Waals surface area contributed by atoms with Gasteiger partial charge in [-0.2, -0.15) is 0 Å². The standard InChI is InChI=1S/C21H25N3O/c1-16-7-8-18-15-24(12-9-17(18)13-16)21(25)22-19-5-4-6-20(14-19)23-10-2-3-11-23/h4-8,13-14H,2-3,9-12,15H2,1H3,(H,22,25). The van der Waals surface area contributed by atoms with E-state index >= 15 is 0 Å². The number of amides is 2. The van der Waals surface area contributed by atoms with Crippen molar-refractivity contribution in [2.24, 2.45) is 0 Å². The fourth-order valence-corrected chi connectivity index (χ4v) is 3.81. The summed E-state index contributed by atoms with van der Waals surface area (Å²) in [7, 11) is 0. The summed E-state index contributed by atoms with van der Waals surface area (Å²) in [6.07, 6.45) is 3.44. The highest BCUT2D eigenvalue weighted by Gasteiger charge is 2.21. The molecule has 1 N–H and O–H groups in total. The van der Waals surface area contributed by atoms with Gasteiger partial charge >= 0.3 is 6.03 Å². The molecule has 2 aromatic carbocycles. The largest absolute Gasteiger partial charge is 0.371 e. The summed E-state index contributed by atoms with van der Waals surface area (Å²) in [5, 5.41) is 3.08. The molecule has 1 saturated heterocycles. The predicted octanol–water partition coefficient (Wildman–Crippen LogP) is 4.19. The Morgan fingerprint density at radius 1 is 1.00 bits per heavy atom. The minimum atomic E-state index is -0.00945. The Kier molecular flexibility index (Phi) is 4.35. The fraction of sp³-hybridized carbons (Fsp3) is 0.381. The molecule has 1 fully saturated rings. The molecule has 2 aromatic rings. The van der Waals surface area contributed by atoms with Crippen LogP contribution in [0.4, 0.5) is 16.2 Å². The van der Waals surface area contributed by atoms with E-state index in [1.165, 1.54) is 35.2 Å². The van der Waals surface area contributed by atoms with Crippen LogP contribution in [0.15, 0.2) is 42.5 Å². The maximum absolute atomic E-state index is 12.7. The Hall–Kier alpha value is -2.49. The first-order valence-electron chi connectivity index (χ1n) is 9.18. The van der Waals surface area contributed by atoms with E-state index in [1.807, 2.05) is 17.0 Å². The van der Waals surface area contributed by atoms with Crippen molar-refractivity contribution in [1.82, 2.24) is 4.90 Å². The van der Waals surface area contributed by atoms with Crippen LogP contribution in [0, 0.1) is 6.92 Å². The van der Waals surface area contributed by atoms with Gasteiger partial charge in [0.25, 0.3) is 0 Å². The van der Waals surface area contributed by atoms with Crippen LogP contribution < -0.4 is 10.2 Å². The maximum Gasteiger partial charge on any atom is 0.322 e. The molecule has 2 amide bonds. The molecule has 0 unspecified atom stereocenters. The molecule has 2 heterocycles. The lowest BCUT2D eigenvalue weighted by molar-refractivity contribution is 0.206. The quantitative estimate of drug-likeness (QED) is 0.893. The summed E-state index contributed by atoms with van der Waals surface area (Å²) < 4.78 is 0. The highest BCUT2D eigenvalue weighted by atomic mass is 16.2. The van der Waals surface area contributed by atoms with Crippen LogP contribution in [0.5, 0.6) is 0 Å². The van der Waals surface area contributed by atoms with Gasteiger partial charge in [-0.15, -0.1) is 0 Å². The average molecular weight is 335 g/mol. The van der Waals surface area contributed by atoms with E-state index in [4.69, 9.17) is 0 Å². The first-order chi connectivity index (χ1) is 12.2. The van der Waals surface area contributed by atoms with Crippen molar-refractivity contribution in [3.8, 4) is 0 Å². The number of carbonyl (C=O) groups excluding carboxylic acids is 1. The number of carbonyl (C=O) groups is 1. The third kappa shape index (κ3) is 3.48. The minimum Gasteiger partial charge on any atom is -0.371 e. The third-order valence-corrected chi connectivity index (χ3v) is 5.23. The zero-order chi connectivity index (χ0) is 17.2. The number of hydrogen-bond acceptors (Lipinski definition) is 2. The van der Waals surface area contributed by atoms with Crippen LogP contribution >= 0.6 is 0 Å². The van der Waals surface area contributed by atoms with Gasteiger partial charge in [0, 0.05) is 37.6 Å². The zero-order valence-electron chi connectivity index (χ0n) is 14.8. The van der Waals surface area contributed by atoms with Crippen molar-refractivity contribution in [1.29, 1.82) is 0 Å². The number of aryl methyl sites for hydroxylation is 1. The van der Waals surface area contributed by atoms with Crippen LogP contribution in [0.3, 0.4) is 0 Å². The second-order valence-electron chi connectivity index (χ2n) is 7.12. The molecule has 0 radical (unpaired) electrons. The van der Waals surface area contributed by atoms with Gasteiger partial charge in [0.1, 0.15) is 0 Å². The van der Waals surface area contributed by atoms with Crippen molar-refractivity contribution < 1.29 is 4.79 Å². The first-order valence-corrected chi connectivity index (χ1v) is 9.18. The van der Waals surface area contributed by atoms with E-state index in [9.17, 15) is 4.79 Å². The molecule has 0 aliphatic carbocycles. The molecular formula is C21H25N3O. The summed E-state index contributed by atoms with van der Waals surface area (Å²) >= 11 is 0. The summed E-state index contributed by atoms with van der Waals surface area (Å²) in [5.41, 5.74) is 6.01. The van der Waals surface area contributed by atoms with E-state index in [0.29, 0.717) is 6.54 Å². The fourth-order valence-electron chi connectivity index (χ4n) is 3.81. The number of nitrogens with one attached hydrogen (secondary N) is 1. The van der Waals surface area contributed by atoms with Gasteiger partial charge in [0.2, 0.25) is 0 Å². The van der Waals surface area contributed by atoms with E-state index in [0.717, 1.165) is 31.7 Å². The molecule has 25 heavy (non-hydrogen) atoms. The third-order valence-electron chi connectivity index (χ3n) is 5.23. The molecule has 130 valence electrons. The Labute approximate surface area is 149 Å². The lowest BCUT2D eigenvalue weighted by atomic mass is 9.98. The average Bonchev–Trinajstić information content (AvgIpc) is 3.16. The monoisotopic (exact) mass is 335 g/mol. The lowest BCUT2D eigenvalue weighted by Crippen LogP contribution is -2.38. The molecule has 0 spiro atoms. The molecule has 4 heteroatoms. The molecule has 0 atom stereocenters. The number of fused-ring (bicyclic) bond motifs is 1. The summed E-state index contributed by atoms with van der Waals surface area (Å²) in [4.78, 5) is 17.0. The Bertz CT molecular complexity index is 780. The number of benzene rings is 2. The number of hydrogen-bond donors (Lipinski definition) is 1. The Balaban J connectivity index is 1.44. The van der Waals surface area contributed by atoms with Crippen molar-refractivity contribution in [2.75, 3.05) is 29.9 Å². The number of urea groups is 1. The van der Waals surface area contributed by atoms with Crippen molar-refractivity contribution in [2.45, 2.75) is 32.7 Å². The second kappa shape index (κ2) is 6.79. The van der Waals surface area contributed by atoms with Gasteiger partial charge in [-0.3, -0.25) is 0 Å². The van der Waals surface area contributed by atoms with Gasteiger partial charge in [-0.25, -0.2) is 4.79 Å². The predicted molar refractivity (Wildman–Crippen MR) is 102 cm³/mol. The summed E-state index contributed by atoms with van der Waals surface area (Å²) in [6, 6.07) is 14.7. The smallest absolute Gasteiger partial charge is 0.322 e. The van der Waals surface area contributed by atoms with Gasteiger partial charge in [0.15, 0.2) is 0 Å². The minimum absolute atomic E-state index is 0.00945. The van der Waals surface area contributed by atoms with E-state index < -0.39 is 0 Å². The van der Waals surface area contributed by atoms with Crippen LogP contribution in [0.25, 0.3) is 0 Å². The Morgan fingerprint density at radius 2 is 1.84 bits per heavy atom. The molecule has 0 bridgehead atoms. The van der Waals surface area contributed by atoms with E-state index in [2.05, 4.69) is 47.5 Å². The second-order valence-corrected chi connectivity index (χ2v) is 7.12. The first kappa shape index (κ1) is 16.0. The lowest BCUT2D eigenvalue weighted by Gasteiger charge is -2.29. The van der Waals surface area contributed by atoms with Gasteiger partial charge in [0.05, 0.1) is 0 Å². The Morgan fingerprint density at radius 3 is 2.68 bits per heavy atom. The highest BCUT2D eigenvalue weighted by molar-refractivity contribution is 5.90. The molecular weight excluding hydrogens is 310 g/mol. The van der Waals surface area contributed by atoms with E-state index in [1.54, 1.807) is 0 Å². The molecule has 0 saturated carbocycles. The van der Waals surface area contributed by atoms with Crippen molar-refractivity contribution in [3.05, 3.63) is 59.2 Å². The number of anilines is 2. The highest BCUT2D eigenvalue weighted by Crippen LogP contribution is 2.25. The number of rotatable bonds is 2. The van der Waals surface area contributed by atoms with Crippen molar-refractivity contribution in [3.63, 3.8) is 0 Å². The van der Waals surface area contributed by atoms with Gasteiger partial charge in [-0.1, -0.05) is 29.8 Å². The maximum atomic E-state index is 12.7. The van der Waals surface area contributed by atoms with Gasteiger partial charge in [-0.05, 0) is 55.5 Å². The van der Waals surface area contributed by atoms with Crippen LogP contribution in [0.1, 0.15) is 29.5 Å². The normalized spacial score (nSPS) is 16.7. The molecule has 0 aromatic heterocycles. The van der Waals surface area contributed by atoms with Crippen LogP contribution in [-0.4, -0.2) is 30.6 Å². The van der Waals surface area contributed by atoms with Gasteiger partial charge < -0.3 is 15.1 Å². The van der Waals surface area contributed by atoms with Crippen molar-refractivity contribution >= 4 is 17.4 Å². The topological polar surface area (TPSA) is 35.6 Å². The summed E-state index contributed by atoms with van der Waals surface area (Å²) in [5.74, 6) is 0. The molecule has 4 nitrogen and oxygen atoms in total.